The van der Waals surface area contributed by atoms with Crippen LogP contribution >= 0.6 is 15.9 Å². The summed E-state index contributed by atoms with van der Waals surface area (Å²) in [4.78, 5) is 58.9. The molecule has 0 aromatic carbocycles. The number of piperidine rings is 2. The van der Waals surface area contributed by atoms with Crippen molar-refractivity contribution in [2.24, 2.45) is 0 Å². The first-order valence-electron chi connectivity index (χ1n) is 26.7. The van der Waals surface area contributed by atoms with E-state index in [9.17, 15) is 19.2 Å². The summed E-state index contributed by atoms with van der Waals surface area (Å²) in [6.45, 7) is 26.9. The van der Waals surface area contributed by atoms with Crippen LogP contribution in [0.4, 0.5) is 30.8 Å². The number of ether oxygens (including phenoxy) is 8. The van der Waals surface area contributed by atoms with Crippen LogP contribution in [-0.2, 0) is 58.4 Å². The fraction of sp³-hybridized carbons (Fsp3) is 0.667. The molecule has 434 valence electrons. The summed E-state index contributed by atoms with van der Waals surface area (Å²) in [6.07, 6.45) is 10.6. The van der Waals surface area contributed by atoms with Crippen LogP contribution in [0.3, 0.4) is 0 Å². The van der Waals surface area contributed by atoms with Crippen molar-refractivity contribution in [2.45, 2.75) is 129 Å². The molecule has 0 atom stereocenters. The van der Waals surface area contributed by atoms with E-state index in [2.05, 4.69) is 47.2 Å². The van der Waals surface area contributed by atoms with Gasteiger partial charge in [-0.15, -0.1) is 0 Å². The molecule has 3 fully saturated rings. The molecule has 0 aliphatic carbocycles. The molecule has 2 aromatic rings. The molecule has 7 heterocycles. The van der Waals surface area contributed by atoms with Gasteiger partial charge in [-0.05, 0) is 129 Å². The van der Waals surface area contributed by atoms with E-state index in [4.69, 9.17) is 47.2 Å². The minimum absolute atomic E-state index is 0.330. The Morgan fingerprint density at radius 1 is 0.654 bits per heavy atom. The van der Waals surface area contributed by atoms with Crippen molar-refractivity contribution >= 4 is 65.1 Å². The molecule has 22 nitrogen and oxygen atoms in total. The van der Waals surface area contributed by atoms with Crippen molar-refractivity contribution in [2.75, 3.05) is 117 Å². The van der Waals surface area contributed by atoms with Gasteiger partial charge in [0, 0.05) is 80.9 Å². The Labute approximate surface area is 469 Å². The normalized spacial score (nSPS) is 18.8. The van der Waals surface area contributed by atoms with E-state index in [1.165, 1.54) is 9.80 Å². The van der Waals surface area contributed by atoms with E-state index in [1.807, 2.05) is 106 Å². The van der Waals surface area contributed by atoms with Gasteiger partial charge in [0.15, 0.2) is 0 Å². The van der Waals surface area contributed by atoms with Gasteiger partial charge in [-0.1, -0.05) is 24.2 Å². The number of anilines is 2. The highest BCUT2D eigenvalue weighted by Gasteiger charge is 2.50. The van der Waals surface area contributed by atoms with Crippen molar-refractivity contribution in [1.29, 1.82) is 0 Å². The van der Waals surface area contributed by atoms with Crippen LogP contribution < -0.4 is 21.3 Å². The first kappa shape index (κ1) is 63.9. The molecule has 0 bridgehead atoms. The van der Waals surface area contributed by atoms with Crippen LogP contribution in [0.5, 0.6) is 0 Å². The Balaban J connectivity index is 0.000000227. The maximum absolute atomic E-state index is 12.0. The first-order valence-corrected chi connectivity index (χ1v) is 27.5. The zero-order chi connectivity index (χ0) is 57.2. The number of pyridine rings is 2. The zero-order valence-electron chi connectivity index (χ0n) is 47.8. The Kier molecular flexibility index (Phi) is 23.8. The third-order valence-electron chi connectivity index (χ3n) is 13.2. The number of carbonyl (C=O) groups excluding carboxylic acids is 4. The predicted octanol–water partition coefficient (Wildman–Crippen LogP) is 8.19. The van der Waals surface area contributed by atoms with Gasteiger partial charge in [0.2, 0.25) is 0 Å². The number of hydrogen-bond donors (Lipinski definition) is 4. The molecule has 5 aliphatic rings. The number of likely N-dealkylation sites (N-methyl/N-ethyl adjacent to an activating group) is 2. The monoisotopic (exact) mass is 1160 g/mol. The van der Waals surface area contributed by atoms with Gasteiger partial charge in [0.05, 0.1) is 64.1 Å². The lowest BCUT2D eigenvalue weighted by atomic mass is 9.83. The van der Waals surface area contributed by atoms with Gasteiger partial charge >= 0.3 is 31.5 Å². The lowest BCUT2D eigenvalue weighted by Gasteiger charge is -2.40. The number of aromatic nitrogens is 2. The molecule has 24 heteroatoms. The summed E-state index contributed by atoms with van der Waals surface area (Å²) >= 11 is 3.41. The molecule has 0 saturated carbocycles. The van der Waals surface area contributed by atoms with E-state index < -0.39 is 34.6 Å². The van der Waals surface area contributed by atoms with E-state index >= 15 is 0 Å². The maximum Gasteiger partial charge on any atom is 0.486 e. The van der Waals surface area contributed by atoms with Crippen molar-refractivity contribution < 1.29 is 66.4 Å². The highest BCUT2D eigenvalue weighted by Crippen LogP contribution is 2.43. The molecular formula is C54H84BBrN8O14. The largest absolute Gasteiger partial charge is 0.486 e. The number of nitrogens with one attached hydrogen (secondary N) is 4. The number of nitrogens with zero attached hydrogens (tertiary/aromatic N) is 4. The molecule has 2 aromatic heterocycles. The van der Waals surface area contributed by atoms with E-state index in [-0.39, 0.29) is 30.5 Å². The van der Waals surface area contributed by atoms with Crippen LogP contribution in [0.2, 0.25) is 0 Å². The van der Waals surface area contributed by atoms with Crippen LogP contribution in [0, 0.1) is 0 Å². The lowest BCUT2D eigenvalue weighted by molar-refractivity contribution is -0.0136. The van der Waals surface area contributed by atoms with Gasteiger partial charge in [-0.2, -0.15) is 0 Å². The fourth-order valence-electron chi connectivity index (χ4n) is 8.34. The van der Waals surface area contributed by atoms with Crippen molar-refractivity contribution in [3.05, 3.63) is 63.8 Å². The van der Waals surface area contributed by atoms with Gasteiger partial charge in [-0.3, -0.25) is 10.6 Å². The molecule has 7 rings (SSSR count). The maximum atomic E-state index is 12.0. The van der Waals surface area contributed by atoms with Crippen LogP contribution in [-0.4, -0.2) is 180 Å². The van der Waals surface area contributed by atoms with Gasteiger partial charge < -0.3 is 67.6 Å². The smallest absolute Gasteiger partial charge is 0.444 e. The second-order valence-electron chi connectivity index (χ2n) is 22.4. The van der Waals surface area contributed by atoms with Crippen LogP contribution in [0.25, 0.3) is 6.08 Å². The number of halogens is 1. The molecule has 3 saturated heterocycles. The Morgan fingerprint density at radius 3 is 1.54 bits per heavy atom. The van der Waals surface area contributed by atoms with Gasteiger partial charge in [0.25, 0.3) is 0 Å². The van der Waals surface area contributed by atoms with Crippen LogP contribution in [0.1, 0.15) is 112 Å². The third-order valence-corrected chi connectivity index (χ3v) is 13.6. The highest BCUT2D eigenvalue weighted by atomic mass is 79.9. The minimum Gasteiger partial charge on any atom is -0.444 e. The van der Waals surface area contributed by atoms with E-state index in [0.29, 0.717) is 77.6 Å². The second kappa shape index (κ2) is 29.0. The SMILES string of the molecule is CN(CCOCCOC/C=C/B1OC(C)(C)C(C)(C)O1)C(=O)OC(C)(C)C.CN(CCOCCOC/C=C/c1cnc2c(c1)C1(CCNCC1)OC(=O)N2)C(=O)OC(C)(C)C.O=C1Nc2ncc(Br)cc2C2(CCNCC2)O1. The molecule has 5 aliphatic heterocycles. The summed E-state index contributed by atoms with van der Waals surface area (Å²) < 4.78 is 56.5. The van der Waals surface area contributed by atoms with Crippen molar-refractivity contribution in [3.8, 4) is 0 Å². The number of amides is 4. The summed E-state index contributed by atoms with van der Waals surface area (Å²) in [5, 5.41) is 11.9. The van der Waals surface area contributed by atoms with Gasteiger partial charge in [-0.25, -0.2) is 29.1 Å². The van der Waals surface area contributed by atoms with Crippen molar-refractivity contribution in [1.82, 2.24) is 30.4 Å². The third kappa shape index (κ3) is 20.0. The van der Waals surface area contributed by atoms with Crippen LogP contribution in [0.15, 0.2) is 47.1 Å². The molecule has 4 amide bonds. The Bertz CT molecular complexity index is 2340. The second-order valence-corrected chi connectivity index (χ2v) is 23.3. The number of fused-ring (bicyclic) bond motifs is 4. The molecule has 78 heavy (non-hydrogen) atoms. The average molecular weight is 1160 g/mol. The fourth-order valence-corrected chi connectivity index (χ4v) is 8.68. The zero-order valence-corrected chi connectivity index (χ0v) is 49.4. The molecular weight excluding hydrogens is 1080 g/mol. The summed E-state index contributed by atoms with van der Waals surface area (Å²) in [6, 6.07) is 4.00. The topological polar surface area (TPSA) is 241 Å². The van der Waals surface area contributed by atoms with E-state index in [1.54, 1.807) is 26.5 Å². The summed E-state index contributed by atoms with van der Waals surface area (Å²) in [5.74, 6) is 3.06. The highest BCUT2D eigenvalue weighted by molar-refractivity contribution is 9.10. The van der Waals surface area contributed by atoms with E-state index in [0.717, 1.165) is 73.0 Å². The van der Waals surface area contributed by atoms with Gasteiger partial charge in [0.1, 0.15) is 34.0 Å². The number of hydrogen-bond acceptors (Lipinski definition) is 18. The standard InChI is InChI=1S/C24H36N4O6.C19H36BNO6.C11H12BrN3O2/c1-23(2,3)34-22(30)28(4)11-13-32-15-14-31-12-5-6-18-16-19-20(26-17-18)27-21(29)33-24(19)7-9-25-10-8-24;1-17(2,3)25-16(22)21(8)11-13-24-15-14-23-12-9-10-20-26-18(4,5)19(6,7)27-20;12-7-5-8-9(14-6-7)15-10(16)17-11(8)1-3-13-4-2-11/h5-6,16-17,25H,7-15H2,1-4H3,(H,26,27,29);9-10H,11-15H2,1-8H3;5-6,13H,1-4H2,(H,14,15,16)/b6-5+;10-9+;. The molecule has 4 N–H and O–H groups in total. The predicted molar refractivity (Wildman–Crippen MR) is 299 cm³/mol. The number of rotatable bonds is 18. The Hall–Kier alpha value is -4.92. The molecule has 2 spiro atoms. The number of carbonyl (C=O) groups is 4. The quantitative estimate of drug-likeness (QED) is 0.0625. The van der Waals surface area contributed by atoms with Crippen molar-refractivity contribution in [3.63, 3.8) is 0 Å². The molecule has 0 radical (unpaired) electrons. The Morgan fingerprint density at radius 2 is 1.08 bits per heavy atom. The minimum atomic E-state index is -0.620. The lowest BCUT2D eigenvalue weighted by Crippen LogP contribution is -2.47. The summed E-state index contributed by atoms with van der Waals surface area (Å²) in [7, 11) is 3.02. The summed E-state index contributed by atoms with van der Waals surface area (Å²) in [5.41, 5.74) is 0.00212. The average Bonchev–Trinajstić information content (AvgIpc) is 3.71. The first-order chi connectivity index (χ1) is 36.7. The molecule has 0 unspecified atom stereocenters.